The number of hydrogen-bond donors (Lipinski definition) is 1. The Labute approximate surface area is 150 Å². The lowest BCUT2D eigenvalue weighted by Crippen LogP contribution is -2.29. The number of hydrogen-bond acceptors (Lipinski definition) is 4. The molecule has 4 rings (SSSR count). The molecule has 0 bridgehead atoms. The molecule has 1 aliphatic heterocycles. The van der Waals surface area contributed by atoms with Crippen LogP contribution in [0.5, 0.6) is 0 Å². The summed E-state index contributed by atoms with van der Waals surface area (Å²) in [6, 6.07) is 7.62. The second-order valence-corrected chi connectivity index (χ2v) is 8.07. The maximum Gasteiger partial charge on any atom is 0.236 e. The Balaban J connectivity index is 1.51. The van der Waals surface area contributed by atoms with Crippen molar-refractivity contribution in [3.05, 3.63) is 45.4 Å². The number of benzene rings is 1. The van der Waals surface area contributed by atoms with Crippen molar-refractivity contribution in [2.24, 2.45) is 0 Å². The van der Waals surface area contributed by atoms with Gasteiger partial charge in [-0.3, -0.25) is 9.69 Å². The summed E-state index contributed by atoms with van der Waals surface area (Å²) in [5, 5.41) is 4.50. The summed E-state index contributed by atoms with van der Waals surface area (Å²) in [5.41, 5.74) is 1.80. The normalized spacial score (nSPS) is 18.9. The van der Waals surface area contributed by atoms with Crippen molar-refractivity contribution in [3.63, 3.8) is 0 Å². The van der Waals surface area contributed by atoms with Crippen LogP contribution >= 0.6 is 22.9 Å². The molecule has 2 heterocycles. The quantitative estimate of drug-likeness (QED) is 0.899. The van der Waals surface area contributed by atoms with Crippen molar-refractivity contribution in [1.29, 1.82) is 0 Å². The van der Waals surface area contributed by atoms with Crippen LogP contribution < -0.4 is 5.32 Å². The van der Waals surface area contributed by atoms with Crippen LogP contribution in [0.3, 0.4) is 0 Å². The number of aromatic nitrogens is 1. The second kappa shape index (κ2) is 6.14. The number of nitrogens with zero attached hydrogens (tertiary/aromatic N) is 2. The molecule has 126 valence electrons. The maximum absolute atomic E-state index is 12.8. The fourth-order valence-corrected chi connectivity index (χ4v) is 4.50. The molecule has 0 unspecified atom stereocenters. The van der Waals surface area contributed by atoms with Crippen LogP contribution in [-0.2, 0) is 23.2 Å². The third kappa shape index (κ3) is 2.85. The van der Waals surface area contributed by atoms with Crippen molar-refractivity contribution < 1.29 is 4.79 Å². The third-order valence-electron chi connectivity index (χ3n) is 5.06. The molecule has 1 aromatic carbocycles. The molecule has 1 N–H and O–H groups in total. The number of thiazole rings is 1. The molecule has 1 amide bonds. The van der Waals surface area contributed by atoms with Crippen molar-refractivity contribution in [3.8, 4) is 0 Å². The minimum atomic E-state index is -0.397. The number of fused-ring (bicyclic) bond motifs is 1. The van der Waals surface area contributed by atoms with Gasteiger partial charge in [0.15, 0.2) is 5.13 Å². The number of likely N-dealkylation sites (N-methyl/N-ethyl adjacent to an activating group) is 1. The van der Waals surface area contributed by atoms with Crippen molar-refractivity contribution in [1.82, 2.24) is 9.88 Å². The fourth-order valence-electron chi connectivity index (χ4n) is 3.33. The fraction of sp³-hybridized carbons (Fsp3) is 0.444. The van der Waals surface area contributed by atoms with E-state index in [2.05, 4.69) is 22.1 Å². The number of anilines is 1. The van der Waals surface area contributed by atoms with E-state index in [0.29, 0.717) is 5.02 Å². The zero-order chi connectivity index (χ0) is 16.7. The monoisotopic (exact) mass is 361 g/mol. The van der Waals surface area contributed by atoms with Gasteiger partial charge in [-0.1, -0.05) is 30.7 Å². The first kappa shape index (κ1) is 16.1. The van der Waals surface area contributed by atoms with Crippen molar-refractivity contribution in [2.75, 3.05) is 18.4 Å². The van der Waals surface area contributed by atoms with E-state index in [1.807, 2.05) is 24.3 Å². The average molecular weight is 362 g/mol. The summed E-state index contributed by atoms with van der Waals surface area (Å²) in [4.78, 5) is 21.2. The van der Waals surface area contributed by atoms with E-state index >= 15 is 0 Å². The van der Waals surface area contributed by atoms with E-state index in [-0.39, 0.29) is 5.91 Å². The highest BCUT2D eigenvalue weighted by atomic mass is 35.5. The number of carbonyl (C=O) groups excluding carboxylic acids is 1. The van der Waals surface area contributed by atoms with Gasteiger partial charge in [-0.15, -0.1) is 11.3 Å². The minimum absolute atomic E-state index is 0.0586. The molecule has 4 nitrogen and oxygen atoms in total. The number of halogens is 1. The molecule has 1 saturated carbocycles. The molecule has 1 fully saturated rings. The number of carbonyl (C=O) groups is 1. The first-order valence-electron chi connectivity index (χ1n) is 8.39. The van der Waals surface area contributed by atoms with Gasteiger partial charge in [-0.2, -0.15) is 0 Å². The Morgan fingerprint density at radius 1 is 1.38 bits per heavy atom. The Bertz CT molecular complexity index is 767. The molecule has 24 heavy (non-hydrogen) atoms. The second-order valence-electron chi connectivity index (χ2n) is 6.55. The predicted octanol–water partition coefficient (Wildman–Crippen LogP) is 3.84. The SMILES string of the molecule is CCN1CCc2nc(NC(=O)C3(c4ccc(Cl)cc4)CC3)sc2C1. The number of rotatable bonds is 4. The maximum atomic E-state index is 12.8. The molecule has 2 aliphatic rings. The highest BCUT2D eigenvalue weighted by molar-refractivity contribution is 7.15. The van der Waals surface area contributed by atoms with Crippen molar-refractivity contribution >= 4 is 34.0 Å². The molecule has 6 heteroatoms. The first-order valence-corrected chi connectivity index (χ1v) is 9.58. The highest BCUT2D eigenvalue weighted by Gasteiger charge is 2.51. The summed E-state index contributed by atoms with van der Waals surface area (Å²) >= 11 is 7.58. The first-order chi connectivity index (χ1) is 11.6. The summed E-state index contributed by atoms with van der Waals surface area (Å²) in [6.45, 7) is 5.23. The van der Waals surface area contributed by atoms with Gasteiger partial charge in [-0.25, -0.2) is 4.98 Å². The van der Waals surface area contributed by atoms with Gasteiger partial charge in [0.25, 0.3) is 0 Å². The van der Waals surface area contributed by atoms with Crippen LogP contribution in [0.2, 0.25) is 5.02 Å². The topological polar surface area (TPSA) is 45.2 Å². The molecular formula is C18H20ClN3OS. The molecule has 1 aromatic heterocycles. The van der Waals surface area contributed by atoms with Crippen LogP contribution in [0.1, 0.15) is 35.9 Å². The molecule has 1 aliphatic carbocycles. The van der Waals surface area contributed by atoms with Gasteiger partial charge in [-0.05, 0) is 37.1 Å². The van der Waals surface area contributed by atoms with Gasteiger partial charge < -0.3 is 5.32 Å². The van der Waals surface area contributed by atoms with Crippen LogP contribution in [-0.4, -0.2) is 28.9 Å². The van der Waals surface area contributed by atoms with E-state index in [1.54, 1.807) is 11.3 Å². The van der Waals surface area contributed by atoms with Crippen LogP contribution in [0.4, 0.5) is 5.13 Å². The molecule has 0 radical (unpaired) electrons. The van der Waals surface area contributed by atoms with E-state index in [0.717, 1.165) is 55.3 Å². The van der Waals surface area contributed by atoms with Gasteiger partial charge >= 0.3 is 0 Å². The molecule has 0 atom stereocenters. The van der Waals surface area contributed by atoms with Crippen molar-refractivity contribution in [2.45, 2.75) is 38.1 Å². The Hall–Kier alpha value is -1.43. The summed E-state index contributed by atoms with van der Waals surface area (Å²) in [7, 11) is 0. The van der Waals surface area contributed by atoms with E-state index in [1.165, 1.54) is 4.88 Å². The number of amides is 1. The van der Waals surface area contributed by atoms with Crippen LogP contribution in [0, 0.1) is 0 Å². The highest BCUT2D eigenvalue weighted by Crippen LogP contribution is 2.49. The summed E-state index contributed by atoms with van der Waals surface area (Å²) in [5.74, 6) is 0.0586. The van der Waals surface area contributed by atoms with E-state index < -0.39 is 5.41 Å². The molecule has 0 spiro atoms. The predicted molar refractivity (Wildman–Crippen MR) is 97.8 cm³/mol. The summed E-state index contributed by atoms with van der Waals surface area (Å²) < 4.78 is 0. The van der Waals surface area contributed by atoms with E-state index in [4.69, 9.17) is 11.6 Å². The van der Waals surface area contributed by atoms with Gasteiger partial charge in [0.05, 0.1) is 11.1 Å². The van der Waals surface area contributed by atoms with Crippen LogP contribution in [0.25, 0.3) is 0 Å². The van der Waals surface area contributed by atoms with Gasteiger partial charge in [0.1, 0.15) is 0 Å². The average Bonchev–Trinajstić information content (AvgIpc) is 3.30. The Morgan fingerprint density at radius 3 is 2.79 bits per heavy atom. The largest absolute Gasteiger partial charge is 0.301 e. The zero-order valence-electron chi connectivity index (χ0n) is 13.6. The lowest BCUT2D eigenvalue weighted by Gasteiger charge is -2.23. The molecule has 0 saturated heterocycles. The Morgan fingerprint density at radius 2 is 2.12 bits per heavy atom. The molecule has 2 aromatic rings. The zero-order valence-corrected chi connectivity index (χ0v) is 15.2. The van der Waals surface area contributed by atoms with Gasteiger partial charge in [0, 0.05) is 29.4 Å². The standard InChI is InChI=1S/C18H20ClN3OS/c1-2-22-10-7-14-15(11-22)24-17(20-14)21-16(23)18(8-9-18)12-3-5-13(19)6-4-12/h3-6H,2,7-11H2,1H3,(H,20,21,23). The molecular weight excluding hydrogens is 342 g/mol. The smallest absolute Gasteiger partial charge is 0.236 e. The lowest BCUT2D eigenvalue weighted by atomic mass is 9.95. The van der Waals surface area contributed by atoms with Crippen LogP contribution in [0.15, 0.2) is 24.3 Å². The van der Waals surface area contributed by atoms with Gasteiger partial charge in [0.2, 0.25) is 5.91 Å². The summed E-state index contributed by atoms with van der Waals surface area (Å²) in [6.07, 6.45) is 2.74. The Kier molecular flexibility index (Phi) is 4.11. The lowest BCUT2D eigenvalue weighted by molar-refractivity contribution is -0.118. The van der Waals surface area contributed by atoms with E-state index in [9.17, 15) is 4.79 Å². The number of nitrogens with one attached hydrogen (secondary N) is 1. The minimum Gasteiger partial charge on any atom is -0.301 e. The third-order valence-corrected chi connectivity index (χ3v) is 6.31.